The van der Waals surface area contributed by atoms with Crippen molar-refractivity contribution in [2.45, 2.75) is 18.9 Å². The Morgan fingerprint density at radius 1 is 1.07 bits per heavy atom. The van der Waals surface area contributed by atoms with Crippen LogP contribution in [0, 0.1) is 0 Å². The number of hydrogen-bond acceptors (Lipinski definition) is 5. The summed E-state index contributed by atoms with van der Waals surface area (Å²) in [6, 6.07) is 14.7. The second kappa shape index (κ2) is 9.21. The maximum Gasteiger partial charge on any atom is 0.170 e. The number of para-hydroxylation sites is 1. The number of thiocarbonyl (C=S) groups is 1. The van der Waals surface area contributed by atoms with E-state index in [-0.39, 0.29) is 6.10 Å². The molecule has 0 aliphatic carbocycles. The number of anilines is 3. The monoisotopic (exact) mass is 397 g/mol. The molecule has 2 aromatic rings. The SMILES string of the molecule is S=C(NC[C@@H]1CCCO1)Nc1ccc(N2CCN(c3ccccc3)CC2)nc1. The molecule has 3 heterocycles. The summed E-state index contributed by atoms with van der Waals surface area (Å²) in [6.45, 7) is 5.55. The summed E-state index contributed by atoms with van der Waals surface area (Å²) in [5.74, 6) is 1.01. The average Bonchev–Trinajstić information content (AvgIpc) is 3.27. The molecule has 28 heavy (non-hydrogen) atoms. The molecule has 1 aromatic heterocycles. The predicted molar refractivity (Wildman–Crippen MR) is 118 cm³/mol. The van der Waals surface area contributed by atoms with Gasteiger partial charge < -0.3 is 25.2 Å². The molecule has 2 aliphatic heterocycles. The van der Waals surface area contributed by atoms with Gasteiger partial charge in [-0.1, -0.05) is 18.2 Å². The Bertz CT molecular complexity index is 756. The van der Waals surface area contributed by atoms with E-state index in [1.165, 1.54) is 5.69 Å². The molecule has 2 saturated heterocycles. The largest absolute Gasteiger partial charge is 0.376 e. The Morgan fingerprint density at radius 3 is 2.54 bits per heavy atom. The lowest BCUT2D eigenvalue weighted by Gasteiger charge is -2.36. The van der Waals surface area contributed by atoms with Gasteiger partial charge in [-0.25, -0.2) is 4.98 Å². The second-order valence-corrected chi connectivity index (χ2v) is 7.59. The first-order valence-electron chi connectivity index (χ1n) is 9.95. The fourth-order valence-corrected chi connectivity index (χ4v) is 3.87. The van der Waals surface area contributed by atoms with Crippen molar-refractivity contribution >= 4 is 34.5 Å². The van der Waals surface area contributed by atoms with Crippen LogP contribution in [0.1, 0.15) is 12.8 Å². The van der Waals surface area contributed by atoms with Gasteiger partial charge in [-0.15, -0.1) is 0 Å². The molecule has 4 rings (SSSR count). The lowest BCUT2D eigenvalue weighted by Crippen LogP contribution is -2.46. The topological polar surface area (TPSA) is 52.7 Å². The molecule has 148 valence electrons. The molecule has 2 aliphatic rings. The lowest BCUT2D eigenvalue weighted by atomic mass is 10.2. The van der Waals surface area contributed by atoms with E-state index in [0.29, 0.717) is 5.11 Å². The van der Waals surface area contributed by atoms with Crippen molar-refractivity contribution in [2.24, 2.45) is 0 Å². The number of piperazine rings is 1. The number of hydrogen-bond donors (Lipinski definition) is 2. The van der Waals surface area contributed by atoms with Gasteiger partial charge in [-0.05, 0) is 49.3 Å². The standard InChI is InChI=1S/C21H27N5OS/c28-21(23-16-19-7-4-14-27-19)24-17-8-9-20(22-15-17)26-12-10-25(11-13-26)18-5-2-1-3-6-18/h1-3,5-6,8-9,15,19H,4,7,10-14,16H2,(H2,23,24,28)/t19-/m0/s1. The molecule has 0 radical (unpaired) electrons. The van der Waals surface area contributed by atoms with Gasteiger partial charge >= 0.3 is 0 Å². The van der Waals surface area contributed by atoms with Crippen LogP contribution in [0.4, 0.5) is 17.2 Å². The summed E-state index contributed by atoms with van der Waals surface area (Å²) in [6.07, 6.45) is 4.36. The molecule has 6 nitrogen and oxygen atoms in total. The minimum absolute atomic E-state index is 0.273. The van der Waals surface area contributed by atoms with Crippen LogP contribution in [0.15, 0.2) is 48.7 Å². The number of pyridine rings is 1. The quantitative estimate of drug-likeness (QED) is 0.753. The van der Waals surface area contributed by atoms with Gasteiger partial charge in [0, 0.05) is 45.0 Å². The summed E-state index contributed by atoms with van der Waals surface area (Å²) in [5.41, 5.74) is 2.19. The first kappa shape index (κ1) is 19.0. The third-order valence-electron chi connectivity index (χ3n) is 5.25. The number of nitrogens with one attached hydrogen (secondary N) is 2. The van der Waals surface area contributed by atoms with Crippen LogP contribution in [-0.2, 0) is 4.74 Å². The zero-order chi connectivity index (χ0) is 19.2. The van der Waals surface area contributed by atoms with Crippen molar-refractivity contribution < 1.29 is 4.74 Å². The third kappa shape index (κ3) is 4.91. The van der Waals surface area contributed by atoms with Crippen molar-refractivity contribution in [1.82, 2.24) is 10.3 Å². The van der Waals surface area contributed by atoms with Crippen molar-refractivity contribution in [1.29, 1.82) is 0 Å². The van der Waals surface area contributed by atoms with E-state index in [9.17, 15) is 0 Å². The Labute approximate surface area is 171 Å². The van der Waals surface area contributed by atoms with Gasteiger partial charge in [-0.3, -0.25) is 0 Å². The highest BCUT2D eigenvalue weighted by Crippen LogP contribution is 2.20. The summed E-state index contributed by atoms with van der Waals surface area (Å²) < 4.78 is 5.60. The third-order valence-corrected chi connectivity index (χ3v) is 5.49. The molecular weight excluding hydrogens is 370 g/mol. The van der Waals surface area contributed by atoms with Crippen LogP contribution >= 0.6 is 12.2 Å². The van der Waals surface area contributed by atoms with Crippen molar-refractivity contribution in [3.8, 4) is 0 Å². The van der Waals surface area contributed by atoms with Crippen LogP contribution in [-0.4, -0.2) is 55.5 Å². The minimum Gasteiger partial charge on any atom is -0.376 e. The zero-order valence-electron chi connectivity index (χ0n) is 16.0. The highest BCUT2D eigenvalue weighted by Gasteiger charge is 2.18. The van der Waals surface area contributed by atoms with Crippen molar-refractivity contribution in [3.63, 3.8) is 0 Å². The van der Waals surface area contributed by atoms with Gasteiger partial charge in [0.15, 0.2) is 5.11 Å². The second-order valence-electron chi connectivity index (χ2n) is 7.18. The summed E-state index contributed by atoms with van der Waals surface area (Å²) in [4.78, 5) is 9.38. The van der Waals surface area contributed by atoms with E-state index in [2.05, 4.69) is 61.8 Å². The van der Waals surface area contributed by atoms with Gasteiger partial charge in [0.25, 0.3) is 0 Å². The Kier molecular flexibility index (Phi) is 6.24. The molecule has 0 saturated carbocycles. The molecule has 0 spiro atoms. The molecule has 1 aromatic carbocycles. The number of rotatable bonds is 5. The van der Waals surface area contributed by atoms with Crippen LogP contribution < -0.4 is 20.4 Å². The molecular formula is C21H27N5OS. The molecule has 2 fully saturated rings. The number of nitrogens with zero attached hydrogens (tertiary/aromatic N) is 3. The lowest BCUT2D eigenvalue weighted by molar-refractivity contribution is 0.114. The highest BCUT2D eigenvalue weighted by atomic mass is 32.1. The van der Waals surface area contributed by atoms with Crippen molar-refractivity contribution in [3.05, 3.63) is 48.7 Å². The molecule has 2 N–H and O–H groups in total. The maximum atomic E-state index is 5.60. The van der Waals surface area contributed by atoms with Crippen LogP contribution in [0.25, 0.3) is 0 Å². The van der Waals surface area contributed by atoms with Gasteiger partial charge in [0.05, 0.1) is 18.0 Å². The Hall–Kier alpha value is -2.38. The maximum absolute atomic E-state index is 5.60. The van der Waals surface area contributed by atoms with E-state index in [1.54, 1.807) is 0 Å². The van der Waals surface area contributed by atoms with Crippen molar-refractivity contribution in [2.75, 3.05) is 54.4 Å². The summed E-state index contributed by atoms with van der Waals surface area (Å²) in [5, 5.41) is 7.04. The molecule has 1 atom stereocenters. The van der Waals surface area contributed by atoms with Crippen LogP contribution in [0.3, 0.4) is 0 Å². The highest BCUT2D eigenvalue weighted by molar-refractivity contribution is 7.80. The summed E-state index contributed by atoms with van der Waals surface area (Å²) >= 11 is 5.37. The molecule has 7 heteroatoms. The fourth-order valence-electron chi connectivity index (χ4n) is 3.67. The fraction of sp³-hybridized carbons (Fsp3) is 0.429. The van der Waals surface area contributed by atoms with Crippen LogP contribution in [0.2, 0.25) is 0 Å². The first-order chi connectivity index (χ1) is 13.8. The van der Waals surface area contributed by atoms with Gasteiger partial charge in [0.2, 0.25) is 0 Å². The molecule has 0 bridgehead atoms. The van der Waals surface area contributed by atoms with Gasteiger partial charge in [0.1, 0.15) is 5.82 Å². The Balaban J connectivity index is 1.25. The number of aromatic nitrogens is 1. The van der Waals surface area contributed by atoms with E-state index < -0.39 is 0 Å². The molecule has 0 amide bonds. The van der Waals surface area contributed by atoms with Gasteiger partial charge in [-0.2, -0.15) is 0 Å². The predicted octanol–water partition coefficient (Wildman–Crippen LogP) is 2.87. The number of ether oxygens (including phenoxy) is 1. The normalized spacial score (nSPS) is 19.5. The number of benzene rings is 1. The smallest absolute Gasteiger partial charge is 0.170 e. The van der Waals surface area contributed by atoms with E-state index >= 15 is 0 Å². The zero-order valence-corrected chi connectivity index (χ0v) is 16.8. The minimum atomic E-state index is 0.273. The molecule has 0 unspecified atom stereocenters. The average molecular weight is 398 g/mol. The van der Waals surface area contributed by atoms with Crippen LogP contribution in [0.5, 0.6) is 0 Å². The summed E-state index contributed by atoms with van der Waals surface area (Å²) in [7, 11) is 0. The first-order valence-corrected chi connectivity index (χ1v) is 10.4. The Morgan fingerprint density at radius 2 is 1.86 bits per heavy atom. The van der Waals surface area contributed by atoms with E-state index in [0.717, 1.165) is 63.7 Å². The van der Waals surface area contributed by atoms with E-state index in [1.807, 2.05) is 12.3 Å². The van der Waals surface area contributed by atoms with E-state index in [4.69, 9.17) is 17.0 Å².